The lowest BCUT2D eigenvalue weighted by atomic mass is 10.1. The Hall–Kier alpha value is -2.29. The van der Waals surface area contributed by atoms with Crippen LogP contribution in [0.25, 0.3) is 0 Å². The van der Waals surface area contributed by atoms with Crippen molar-refractivity contribution in [2.75, 3.05) is 5.32 Å². The average Bonchev–Trinajstić information content (AvgIpc) is 2.32. The first kappa shape index (κ1) is 13.8. The Labute approximate surface area is 107 Å². The van der Waals surface area contributed by atoms with E-state index in [0.717, 1.165) is 16.9 Å². The minimum atomic E-state index is -0.917. The van der Waals surface area contributed by atoms with Crippen LogP contribution in [0.4, 0.5) is 5.69 Å². The van der Waals surface area contributed by atoms with E-state index in [1.165, 1.54) is 0 Å². The molecule has 0 amide bonds. The van der Waals surface area contributed by atoms with E-state index in [1.54, 1.807) is 24.3 Å². The van der Waals surface area contributed by atoms with Gasteiger partial charge in [0.25, 0.3) is 0 Å². The topological polar surface area (TPSA) is 49.3 Å². The third-order valence-corrected chi connectivity index (χ3v) is 2.40. The van der Waals surface area contributed by atoms with Crippen LogP contribution in [0.3, 0.4) is 0 Å². The zero-order valence-electron chi connectivity index (χ0n) is 10.6. The van der Waals surface area contributed by atoms with Gasteiger partial charge in [0.1, 0.15) is 0 Å². The average molecular weight is 243 g/mol. The van der Waals surface area contributed by atoms with Crippen molar-refractivity contribution in [2.45, 2.75) is 13.8 Å². The molecule has 0 aromatic heterocycles. The summed E-state index contributed by atoms with van der Waals surface area (Å²) in [6, 6.07) is 4.99. The summed E-state index contributed by atoms with van der Waals surface area (Å²) in [6.45, 7) is 7.46. The standard InChI is InChI=1S/C15H17NO2/c1-4-6-13(7-5-2)16-14-9-8-12(15(17)18)10-11(14)3/h4-10,16H,1H2,2-3H3,(H,17,18)/b7-5-,13-6+. The molecular formula is C15H17NO2. The highest BCUT2D eigenvalue weighted by Crippen LogP contribution is 2.18. The van der Waals surface area contributed by atoms with Crippen LogP contribution in [0, 0.1) is 6.92 Å². The van der Waals surface area contributed by atoms with Crippen LogP contribution in [0.5, 0.6) is 0 Å². The highest BCUT2D eigenvalue weighted by atomic mass is 16.4. The number of hydrogen-bond donors (Lipinski definition) is 2. The molecular weight excluding hydrogens is 226 g/mol. The largest absolute Gasteiger partial charge is 0.478 e. The summed E-state index contributed by atoms with van der Waals surface area (Å²) in [5.74, 6) is -0.917. The van der Waals surface area contributed by atoms with Gasteiger partial charge in [0, 0.05) is 11.4 Å². The molecule has 0 aliphatic heterocycles. The first-order valence-electron chi connectivity index (χ1n) is 5.65. The van der Waals surface area contributed by atoms with Crippen molar-refractivity contribution in [3.05, 3.63) is 65.9 Å². The zero-order valence-corrected chi connectivity index (χ0v) is 10.6. The molecule has 1 aromatic rings. The summed E-state index contributed by atoms with van der Waals surface area (Å²) < 4.78 is 0. The Bertz CT molecular complexity index is 513. The van der Waals surface area contributed by atoms with Crippen molar-refractivity contribution in [1.82, 2.24) is 0 Å². The molecule has 0 bridgehead atoms. The predicted molar refractivity (Wildman–Crippen MR) is 74.9 cm³/mol. The zero-order chi connectivity index (χ0) is 13.5. The van der Waals surface area contributed by atoms with Crippen molar-refractivity contribution in [1.29, 1.82) is 0 Å². The third-order valence-electron chi connectivity index (χ3n) is 2.40. The molecule has 0 atom stereocenters. The van der Waals surface area contributed by atoms with E-state index in [2.05, 4.69) is 11.9 Å². The summed E-state index contributed by atoms with van der Waals surface area (Å²) in [4.78, 5) is 10.8. The normalized spacial score (nSPS) is 11.6. The van der Waals surface area contributed by atoms with E-state index < -0.39 is 5.97 Å². The molecule has 94 valence electrons. The molecule has 0 spiro atoms. The van der Waals surface area contributed by atoms with Crippen LogP contribution in [0.2, 0.25) is 0 Å². The van der Waals surface area contributed by atoms with Gasteiger partial charge in [0.05, 0.1) is 5.56 Å². The molecule has 0 aliphatic rings. The first-order chi connectivity index (χ1) is 8.58. The Morgan fingerprint density at radius 3 is 2.67 bits per heavy atom. The highest BCUT2D eigenvalue weighted by Gasteiger charge is 2.05. The van der Waals surface area contributed by atoms with Crippen molar-refractivity contribution in [3.8, 4) is 0 Å². The molecule has 0 saturated heterocycles. The molecule has 0 unspecified atom stereocenters. The van der Waals surface area contributed by atoms with Crippen molar-refractivity contribution >= 4 is 11.7 Å². The highest BCUT2D eigenvalue weighted by molar-refractivity contribution is 5.88. The van der Waals surface area contributed by atoms with Gasteiger partial charge in [-0.2, -0.15) is 0 Å². The molecule has 3 nitrogen and oxygen atoms in total. The van der Waals surface area contributed by atoms with Gasteiger partial charge in [0.2, 0.25) is 0 Å². The third kappa shape index (κ3) is 3.63. The second-order valence-electron chi connectivity index (χ2n) is 3.82. The molecule has 1 aromatic carbocycles. The number of allylic oxidation sites excluding steroid dienone is 4. The van der Waals surface area contributed by atoms with Crippen LogP contribution in [-0.4, -0.2) is 11.1 Å². The van der Waals surface area contributed by atoms with Crippen molar-refractivity contribution in [3.63, 3.8) is 0 Å². The number of carboxylic acids is 1. The maximum absolute atomic E-state index is 10.8. The van der Waals surface area contributed by atoms with Gasteiger partial charge in [-0.3, -0.25) is 0 Å². The van der Waals surface area contributed by atoms with E-state index >= 15 is 0 Å². The summed E-state index contributed by atoms with van der Waals surface area (Å²) in [7, 11) is 0. The van der Waals surface area contributed by atoms with Crippen LogP contribution in [0.15, 0.2) is 54.8 Å². The van der Waals surface area contributed by atoms with Gasteiger partial charge in [-0.05, 0) is 49.8 Å². The van der Waals surface area contributed by atoms with E-state index in [4.69, 9.17) is 5.11 Å². The summed E-state index contributed by atoms with van der Waals surface area (Å²) in [5.41, 5.74) is 2.96. The monoisotopic (exact) mass is 243 g/mol. The van der Waals surface area contributed by atoms with E-state index in [1.807, 2.05) is 32.1 Å². The molecule has 2 N–H and O–H groups in total. The number of aromatic carboxylic acids is 1. The Kier molecular flexibility index (Phi) is 4.93. The maximum atomic E-state index is 10.8. The summed E-state index contributed by atoms with van der Waals surface area (Å²) in [5, 5.41) is 12.1. The predicted octanol–water partition coefficient (Wildman–Crippen LogP) is 3.75. The number of benzene rings is 1. The minimum Gasteiger partial charge on any atom is -0.478 e. The lowest BCUT2D eigenvalue weighted by molar-refractivity contribution is 0.0697. The van der Waals surface area contributed by atoms with Crippen LogP contribution < -0.4 is 5.32 Å². The van der Waals surface area contributed by atoms with Crippen molar-refractivity contribution in [2.24, 2.45) is 0 Å². The first-order valence-corrected chi connectivity index (χ1v) is 5.65. The molecule has 1 rings (SSSR count). The molecule has 18 heavy (non-hydrogen) atoms. The quantitative estimate of drug-likeness (QED) is 0.774. The molecule has 0 aliphatic carbocycles. The van der Waals surface area contributed by atoms with Gasteiger partial charge in [0.15, 0.2) is 0 Å². The number of carbonyl (C=O) groups is 1. The fraction of sp³-hybridized carbons (Fsp3) is 0.133. The van der Waals surface area contributed by atoms with Gasteiger partial charge < -0.3 is 10.4 Å². The molecule has 0 heterocycles. The fourth-order valence-electron chi connectivity index (χ4n) is 1.54. The van der Waals surface area contributed by atoms with Gasteiger partial charge >= 0.3 is 5.97 Å². The number of carboxylic acid groups (broad SMARTS) is 1. The SMILES string of the molecule is C=C/C=C(\C=C/C)Nc1ccc(C(=O)O)cc1C. The minimum absolute atomic E-state index is 0.290. The number of anilines is 1. The van der Waals surface area contributed by atoms with Crippen LogP contribution >= 0.6 is 0 Å². The summed E-state index contributed by atoms with van der Waals surface area (Å²) >= 11 is 0. The molecule has 0 radical (unpaired) electrons. The Balaban J connectivity index is 3.01. The Morgan fingerprint density at radius 2 is 2.17 bits per heavy atom. The second kappa shape index (κ2) is 6.45. The van der Waals surface area contributed by atoms with Gasteiger partial charge in [-0.15, -0.1) is 0 Å². The van der Waals surface area contributed by atoms with E-state index in [9.17, 15) is 4.79 Å². The van der Waals surface area contributed by atoms with E-state index in [-0.39, 0.29) is 0 Å². The molecule has 0 saturated carbocycles. The fourth-order valence-corrected chi connectivity index (χ4v) is 1.54. The molecule has 3 heteroatoms. The van der Waals surface area contributed by atoms with Crippen molar-refractivity contribution < 1.29 is 9.90 Å². The number of aryl methyl sites for hydroxylation is 1. The van der Waals surface area contributed by atoms with Crippen LogP contribution in [-0.2, 0) is 0 Å². The molecule has 0 fully saturated rings. The summed E-state index contributed by atoms with van der Waals surface area (Å²) in [6.07, 6.45) is 7.39. The number of rotatable bonds is 5. The van der Waals surface area contributed by atoms with Gasteiger partial charge in [-0.1, -0.05) is 18.7 Å². The Morgan fingerprint density at radius 1 is 1.44 bits per heavy atom. The smallest absolute Gasteiger partial charge is 0.335 e. The number of nitrogens with one attached hydrogen (secondary N) is 1. The lowest BCUT2D eigenvalue weighted by Crippen LogP contribution is -2.01. The van der Waals surface area contributed by atoms with E-state index in [0.29, 0.717) is 5.56 Å². The lowest BCUT2D eigenvalue weighted by Gasteiger charge is -2.10. The van der Waals surface area contributed by atoms with Gasteiger partial charge in [-0.25, -0.2) is 4.79 Å². The maximum Gasteiger partial charge on any atom is 0.335 e. The van der Waals surface area contributed by atoms with Crippen LogP contribution in [0.1, 0.15) is 22.8 Å². The number of hydrogen-bond acceptors (Lipinski definition) is 2. The second-order valence-corrected chi connectivity index (χ2v) is 3.82.